The average molecular weight is 444 g/mol. The van der Waals surface area contributed by atoms with Crippen molar-refractivity contribution in [2.75, 3.05) is 54.4 Å². The number of carbonyl (C=O) groups is 1. The normalized spacial score (nSPS) is 16.9. The number of nitro benzene ring substituents is 1. The first-order valence-electron chi connectivity index (χ1n) is 10.6. The van der Waals surface area contributed by atoms with Crippen molar-refractivity contribution < 1.29 is 9.72 Å². The molecule has 8 nitrogen and oxygen atoms in total. The van der Waals surface area contributed by atoms with Gasteiger partial charge in [-0.3, -0.25) is 10.1 Å². The van der Waals surface area contributed by atoms with Crippen LogP contribution < -0.4 is 15.1 Å². The summed E-state index contributed by atoms with van der Waals surface area (Å²) in [5.74, 6) is 0. The van der Waals surface area contributed by atoms with Crippen LogP contribution >= 0.6 is 11.6 Å². The molecule has 2 aromatic carbocycles. The topological polar surface area (TPSA) is 82.0 Å². The maximum absolute atomic E-state index is 12.7. The quantitative estimate of drug-likeness (QED) is 0.552. The number of halogens is 1. The van der Waals surface area contributed by atoms with Gasteiger partial charge in [0.15, 0.2) is 0 Å². The van der Waals surface area contributed by atoms with Crippen LogP contribution in [0.25, 0.3) is 0 Å². The van der Waals surface area contributed by atoms with Crippen LogP contribution in [0.1, 0.15) is 19.3 Å². The smallest absolute Gasteiger partial charge is 0.321 e. The molecule has 0 spiro atoms. The van der Waals surface area contributed by atoms with Crippen LogP contribution in [0, 0.1) is 10.1 Å². The number of para-hydroxylation sites is 2. The first kappa shape index (κ1) is 21.2. The molecule has 9 heteroatoms. The number of rotatable bonds is 4. The van der Waals surface area contributed by atoms with E-state index < -0.39 is 0 Å². The number of anilines is 3. The van der Waals surface area contributed by atoms with E-state index in [0.717, 1.165) is 18.8 Å². The van der Waals surface area contributed by atoms with Gasteiger partial charge in [0.05, 0.1) is 15.6 Å². The number of amides is 2. The lowest BCUT2D eigenvalue weighted by Gasteiger charge is -2.35. The minimum Gasteiger partial charge on any atom is -0.370 e. The zero-order valence-corrected chi connectivity index (χ0v) is 18.1. The average Bonchev–Trinajstić information content (AvgIpc) is 2.80. The summed E-state index contributed by atoms with van der Waals surface area (Å²) in [4.78, 5) is 29.6. The standard InChI is InChI=1S/C22H26ClN5O3/c23-18-16-17(8-9-19(18)25-10-4-1-5-11-25)24-22(29)27-14-12-26(13-15-27)20-6-2-3-7-21(20)28(30)31/h2-3,6-9,16H,1,4-5,10-15H2,(H,24,29). The van der Waals surface area contributed by atoms with E-state index >= 15 is 0 Å². The fourth-order valence-corrected chi connectivity index (χ4v) is 4.51. The lowest BCUT2D eigenvalue weighted by atomic mass is 10.1. The highest BCUT2D eigenvalue weighted by Gasteiger charge is 2.25. The van der Waals surface area contributed by atoms with Crippen molar-refractivity contribution in [1.82, 2.24) is 4.90 Å². The lowest BCUT2D eigenvalue weighted by Crippen LogP contribution is -2.50. The van der Waals surface area contributed by atoms with E-state index in [1.54, 1.807) is 29.2 Å². The molecule has 1 N–H and O–H groups in total. The van der Waals surface area contributed by atoms with Crippen LogP contribution in [-0.2, 0) is 0 Å². The second kappa shape index (κ2) is 9.43. The molecule has 0 unspecified atom stereocenters. The van der Waals surface area contributed by atoms with Gasteiger partial charge in [0.2, 0.25) is 0 Å². The molecular formula is C22H26ClN5O3. The van der Waals surface area contributed by atoms with E-state index in [4.69, 9.17) is 11.6 Å². The molecule has 0 radical (unpaired) electrons. The Bertz CT molecular complexity index is 956. The van der Waals surface area contributed by atoms with Crippen LogP contribution in [0.2, 0.25) is 5.02 Å². The Morgan fingerprint density at radius 2 is 1.58 bits per heavy atom. The van der Waals surface area contributed by atoms with Crippen molar-refractivity contribution in [2.24, 2.45) is 0 Å². The molecule has 31 heavy (non-hydrogen) atoms. The number of piperidine rings is 1. The van der Waals surface area contributed by atoms with Gasteiger partial charge in [0.1, 0.15) is 5.69 Å². The Balaban J connectivity index is 1.35. The molecule has 2 aliphatic heterocycles. The van der Waals surface area contributed by atoms with Crippen molar-refractivity contribution >= 4 is 40.4 Å². The first-order chi connectivity index (χ1) is 15.0. The van der Waals surface area contributed by atoms with E-state index in [1.807, 2.05) is 17.0 Å². The molecule has 0 saturated carbocycles. The van der Waals surface area contributed by atoms with Gasteiger partial charge in [0, 0.05) is 51.0 Å². The summed E-state index contributed by atoms with van der Waals surface area (Å²) in [6, 6.07) is 12.2. The van der Waals surface area contributed by atoms with Crippen LogP contribution in [0.4, 0.5) is 27.5 Å². The number of nitro groups is 1. The summed E-state index contributed by atoms with van der Waals surface area (Å²) >= 11 is 6.49. The molecule has 0 bridgehead atoms. The molecule has 2 saturated heterocycles. The largest absolute Gasteiger partial charge is 0.370 e. The number of hydrogen-bond donors (Lipinski definition) is 1. The highest BCUT2D eigenvalue weighted by atomic mass is 35.5. The van der Waals surface area contributed by atoms with Gasteiger partial charge in [0.25, 0.3) is 5.69 Å². The zero-order chi connectivity index (χ0) is 21.8. The van der Waals surface area contributed by atoms with Crippen molar-refractivity contribution in [1.29, 1.82) is 0 Å². The zero-order valence-electron chi connectivity index (χ0n) is 17.3. The van der Waals surface area contributed by atoms with E-state index in [0.29, 0.717) is 42.6 Å². The Morgan fingerprint density at radius 3 is 2.26 bits per heavy atom. The molecule has 2 fully saturated rings. The third kappa shape index (κ3) is 4.85. The Kier molecular flexibility index (Phi) is 6.46. The lowest BCUT2D eigenvalue weighted by molar-refractivity contribution is -0.384. The molecule has 2 heterocycles. The second-order valence-electron chi connectivity index (χ2n) is 7.86. The molecule has 0 aromatic heterocycles. The van der Waals surface area contributed by atoms with Gasteiger partial charge in [-0.1, -0.05) is 23.7 Å². The summed E-state index contributed by atoms with van der Waals surface area (Å²) in [6.45, 7) is 4.05. The summed E-state index contributed by atoms with van der Waals surface area (Å²) < 4.78 is 0. The second-order valence-corrected chi connectivity index (χ2v) is 8.27. The molecule has 2 aliphatic rings. The molecule has 4 rings (SSSR count). The van der Waals surface area contributed by atoms with Crippen molar-refractivity contribution in [3.63, 3.8) is 0 Å². The summed E-state index contributed by atoms with van der Waals surface area (Å²) in [5.41, 5.74) is 2.35. The third-order valence-corrected chi connectivity index (χ3v) is 6.18. The van der Waals surface area contributed by atoms with Crippen LogP contribution in [0.15, 0.2) is 42.5 Å². The molecule has 164 valence electrons. The fraction of sp³-hybridized carbons (Fsp3) is 0.409. The summed E-state index contributed by atoms with van der Waals surface area (Å²) in [7, 11) is 0. The number of benzene rings is 2. The number of carbonyl (C=O) groups excluding carboxylic acids is 1. The van der Waals surface area contributed by atoms with E-state index in [1.165, 1.54) is 25.3 Å². The minimum atomic E-state index is -0.369. The Morgan fingerprint density at radius 1 is 0.903 bits per heavy atom. The van der Waals surface area contributed by atoms with Crippen LogP contribution in [0.3, 0.4) is 0 Å². The number of urea groups is 1. The summed E-state index contributed by atoms with van der Waals surface area (Å²) in [5, 5.41) is 14.8. The van der Waals surface area contributed by atoms with Crippen LogP contribution in [-0.4, -0.2) is 55.1 Å². The van der Waals surface area contributed by atoms with E-state index in [9.17, 15) is 14.9 Å². The van der Waals surface area contributed by atoms with Crippen molar-refractivity contribution in [3.05, 3.63) is 57.6 Å². The monoisotopic (exact) mass is 443 g/mol. The fourth-order valence-electron chi connectivity index (χ4n) is 4.21. The maximum atomic E-state index is 12.7. The van der Waals surface area contributed by atoms with Gasteiger partial charge in [-0.15, -0.1) is 0 Å². The first-order valence-corrected chi connectivity index (χ1v) is 11.0. The molecular weight excluding hydrogens is 418 g/mol. The SMILES string of the molecule is O=C(Nc1ccc(N2CCCCC2)c(Cl)c1)N1CCN(c2ccccc2[N+](=O)[O-])CC1. The number of nitrogens with one attached hydrogen (secondary N) is 1. The number of piperazine rings is 1. The van der Waals surface area contributed by atoms with Gasteiger partial charge in [-0.05, 0) is 43.5 Å². The molecule has 0 aliphatic carbocycles. The Hall–Kier alpha value is -3.00. The highest BCUT2D eigenvalue weighted by Crippen LogP contribution is 2.31. The van der Waals surface area contributed by atoms with Crippen LogP contribution in [0.5, 0.6) is 0 Å². The van der Waals surface area contributed by atoms with Crippen molar-refractivity contribution in [3.8, 4) is 0 Å². The van der Waals surface area contributed by atoms with E-state index in [-0.39, 0.29) is 16.6 Å². The van der Waals surface area contributed by atoms with Gasteiger partial charge in [-0.2, -0.15) is 0 Å². The molecule has 0 atom stereocenters. The predicted octanol–water partition coefficient (Wildman–Crippen LogP) is 4.59. The summed E-state index contributed by atoms with van der Waals surface area (Å²) in [6.07, 6.45) is 3.60. The minimum absolute atomic E-state index is 0.0869. The van der Waals surface area contributed by atoms with E-state index in [2.05, 4.69) is 10.2 Å². The van der Waals surface area contributed by atoms with Gasteiger partial charge in [-0.25, -0.2) is 4.79 Å². The van der Waals surface area contributed by atoms with Gasteiger partial charge < -0.3 is 20.0 Å². The molecule has 2 amide bonds. The maximum Gasteiger partial charge on any atom is 0.321 e. The third-order valence-electron chi connectivity index (χ3n) is 5.88. The number of nitrogens with zero attached hydrogens (tertiary/aromatic N) is 4. The highest BCUT2D eigenvalue weighted by molar-refractivity contribution is 6.33. The van der Waals surface area contributed by atoms with Crippen molar-refractivity contribution in [2.45, 2.75) is 19.3 Å². The predicted molar refractivity (Wildman–Crippen MR) is 123 cm³/mol. The Labute approximate surface area is 186 Å². The number of hydrogen-bond acceptors (Lipinski definition) is 5. The molecule has 2 aromatic rings. The van der Waals surface area contributed by atoms with Gasteiger partial charge >= 0.3 is 6.03 Å².